The van der Waals surface area contributed by atoms with Crippen LogP contribution in [0.4, 0.5) is 5.69 Å². The van der Waals surface area contributed by atoms with Gasteiger partial charge in [-0.1, -0.05) is 34.6 Å². The summed E-state index contributed by atoms with van der Waals surface area (Å²) in [6.45, 7) is 2.23. The molecule has 0 saturated heterocycles. The van der Waals surface area contributed by atoms with Crippen LogP contribution in [0.1, 0.15) is 29.3 Å². The molecule has 1 aromatic rings. The van der Waals surface area contributed by atoms with Crippen molar-refractivity contribution in [2.45, 2.75) is 19.8 Å². The van der Waals surface area contributed by atoms with Crippen LogP contribution in [0.2, 0.25) is 0 Å². The van der Waals surface area contributed by atoms with Gasteiger partial charge in [-0.15, -0.1) is 0 Å². The van der Waals surface area contributed by atoms with Gasteiger partial charge in [0, 0.05) is 35.2 Å². The highest BCUT2D eigenvalue weighted by molar-refractivity contribution is 8.76. The number of benzene rings is 1. The molecule has 0 bridgehead atoms. The molecule has 1 aromatic carbocycles. The molecule has 0 aliphatic carbocycles. The number of rotatable bonds is 10. The summed E-state index contributed by atoms with van der Waals surface area (Å²) in [4.78, 5) is 32.8. The van der Waals surface area contributed by atoms with E-state index in [9.17, 15) is 19.7 Å². The van der Waals surface area contributed by atoms with Crippen LogP contribution in [0.5, 0.6) is 0 Å². The number of nitrogens with zero attached hydrogens (tertiary/aromatic N) is 1. The quantitative estimate of drug-likeness (QED) is 0.286. The first-order valence-electron chi connectivity index (χ1n) is 6.97. The van der Waals surface area contributed by atoms with E-state index in [4.69, 9.17) is 5.11 Å². The Balaban J connectivity index is 2.42. The van der Waals surface area contributed by atoms with Crippen LogP contribution in [0.3, 0.4) is 0 Å². The number of nitrogens with one attached hydrogen (secondary N) is 1. The zero-order valence-corrected chi connectivity index (χ0v) is 14.2. The molecule has 23 heavy (non-hydrogen) atoms. The standard InChI is InChI=1S/C14H18N2O5S2/c1-2-10-3-4-11(9-12(10)16(20)21)14(19)15-6-8-23-22-7-5-13(17)18/h3-4,9H,2,5-8H2,1H3,(H,15,19)(H,17,18). The molecular weight excluding hydrogens is 340 g/mol. The summed E-state index contributed by atoms with van der Waals surface area (Å²) in [5.41, 5.74) is 0.813. The van der Waals surface area contributed by atoms with E-state index in [2.05, 4.69) is 5.32 Å². The molecule has 1 amide bonds. The number of carboxylic acid groups (broad SMARTS) is 1. The van der Waals surface area contributed by atoms with Crippen molar-refractivity contribution in [1.29, 1.82) is 0 Å². The van der Waals surface area contributed by atoms with Gasteiger partial charge < -0.3 is 10.4 Å². The molecule has 0 saturated carbocycles. The number of carbonyl (C=O) groups is 2. The molecule has 0 aromatic heterocycles. The highest BCUT2D eigenvalue weighted by Gasteiger charge is 2.16. The predicted molar refractivity (Wildman–Crippen MR) is 92.0 cm³/mol. The average molecular weight is 358 g/mol. The first-order valence-corrected chi connectivity index (χ1v) is 9.46. The van der Waals surface area contributed by atoms with Crippen LogP contribution in [0.25, 0.3) is 0 Å². The molecule has 0 atom stereocenters. The number of hydrogen-bond acceptors (Lipinski definition) is 6. The van der Waals surface area contributed by atoms with E-state index in [1.807, 2.05) is 6.92 Å². The molecule has 1 rings (SSSR count). The van der Waals surface area contributed by atoms with E-state index in [1.54, 1.807) is 12.1 Å². The van der Waals surface area contributed by atoms with Gasteiger partial charge in [0.1, 0.15) is 0 Å². The summed E-state index contributed by atoms with van der Waals surface area (Å²) in [7, 11) is 2.91. The van der Waals surface area contributed by atoms with E-state index < -0.39 is 10.9 Å². The van der Waals surface area contributed by atoms with Crippen molar-refractivity contribution >= 4 is 39.2 Å². The third-order valence-electron chi connectivity index (χ3n) is 2.88. The second-order valence-electron chi connectivity index (χ2n) is 4.50. The number of aliphatic carboxylic acids is 1. The van der Waals surface area contributed by atoms with Crippen LogP contribution in [-0.4, -0.2) is 40.0 Å². The summed E-state index contributed by atoms with van der Waals surface area (Å²) in [6, 6.07) is 4.47. The minimum Gasteiger partial charge on any atom is -0.481 e. The summed E-state index contributed by atoms with van der Waals surface area (Å²) < 4.78 is 0. The van der Waals surface area contributed by atoms with Crippen molar-refractivity contribution in [1.82, 2.24) is 5.32 Å². The molecule has 0 aliphatic rings. The fourth-order valence-electron chi connectivity index (χ4n) is 1.73. The van der Waals surface area contributed by atoms with Crippen LogP contribution in [-0.2, 0) is 11.2 Å². The predicted octanol–water partition coefficient (Wildman–Crippen LogP) is 2.74. The number of aryl methyl sites for hydroxylation is 1. The van der Waals surface area contributed by atoms with Gasteiger partial charge in [-0.25, -0.2) is 0 Å². The van der Waals surface area contributed by atoms with E-state index in [0.717, 1.165) is 0 Å². The van der Waals surface area contributed by atoms with E-state index in [-0.39, 0.29) is 23.6 Å². The number of carboxylic acids is 1. The van der Waals surface area contributed by atoms with Crippen molar-refractivity contribution in [3.63, 3.8) is 0 Å². The minimum absolute atomic E-state index is 0.0428. The van der Waals surface area contributed by atoms with Gasteiger partial charge in [-0.2, -0.15) is 0 Å². The first kappa shape index (κ1) is 19.3. The summed E-state index contributed by atoms with van der Waals surface area (Å²) in [6.07, 6.45) is 0.639. The molecule has 0 aliphatic heterocycles. The highest BCUT2D eigenvalue weighted by atomic mass is 33.1. The molecule has 7 nitrogen and oxygen atoms in total. The second kappa shape index (κ2) is 10.1. The lowest BCUT2D eigenvalue weighted by molar-refractivity contribution is -0.385. The lowest BCUT2D eigenvalue weighted by atomic mass is 10.1. The zero-order chi connectivity index (χ0) is 17.2. The van der Waals surface area contributed by atoms with Crippen molar-refractivity contribution in [2.75, 3.05) is 18.1 Å². The molecule has 0 unspecified atom stereocenters. The number of nitro benzene ring substituents is 1. The van der Waals surface area contributed by atoms with Crippen LogP contribution < -0.4 is 5.32 Å². The molecule has 2 N–H and O–H groups in total. The lowest BCUT2D eigenvalue weighted by Crippen LogP contribution is -2.25. The molecule has 0 heterocycles. The Morgan fingerprint density at radius 3 is 2.61 bits per heavy atom. The van der Waals surface area contributed by atoms with E-state index in [1.165, 1.54) is 27.7 Å². The summed E-state index contributed by atoms with van der Waals surface area (Å²) in [5.74, 6) is -0.0422. The Bertz CT molecular complexity index is 580. The summed E-state index contributed by atoms with van der Waals surface area (Å²) >= 11 is 0. The van der Waals surface area contributed by atoms with Gasteiger partial charge in [-0.3, -0.25) is 19.7 Å². The second-order valence-corrected chi connectivity index (χ2v) is 7.20. The maximum atomic E-state index is 12.0. The first-order chi connectivity index (χ1) is 11.0. The van der Waals surface area contributed by atoms with E-state index in [0.29, 0.717) is 30.0 Å². The third kappa shape index (κ3) is 6.91. The Labute approximate surface area is 141 Å². The normalized spacial score (nSPS) is 10.3. The van der Waals surface area contributed by atoms with E-state index >= 15 is 0 Å². The van der Waals surface area contributed by atoms with Crippen molar-refractivity contribution in [3.05, 3.63) is 39.4 Å². The number of carbonyl (C=O) groups excluding carboxylic acids is 1. The SMILES string of the molecule is CCc1ccc(C(=O)NCCSSCCC(=O)O)cc1[N+](=O)[O-]. The number of nitro groups is 1. The fraction of sp³-hybridized carbons (Fsp3) is 0.429. The van der Waals surface area contributed by atoms with Crippen molar-refractivity contribution in [3.8, 4) is 0 Å². The number of amides is 1. The van der Waals surface area contributed by atoms with Crippen molar-refractivity contribution < 1.29 is 19.6 Å². The average Bonchev–Trinajstić information content (AvgIpc) is 2.52. The van der Waals surface area contributed by atoms with Crippen LogP contribution in [0.15, 0.2) is 18.2 Å². The van der Waals surface area contributed by atoms with Crippen LogP contribution >= 0.6 is 21.6 Å². The molecular formula is C14H18N2O5S2. The molecule has 0 spiro atoms. The van der Waals surface area contributed by atoms with Gasteiger partial charge in [-0.05, 0) is 12.5 Å². The van der Waals surface area contributed by atoms with Crippen molar-refractivity contribution in [2.24, 2.45) is 0 Å². The maximum Gasteiger partial charge on any atom is 0.304 e. The maximum absolute atomic E-state index is 12.0. The Hall–Kier alpha value is -1.74. The van der Waals surface area contributed by atoms with Gasteiger partial charge in [0.25, 0.3) is 11.6 Å². The Kier molecular flexibility index (Phi) is 8.49. The van der Waals surface area contributed by atoms with Gasteiger partial charge in [0.15, 0.2) is 0 Å². The number of hydrogen-bond donors (Lipinski definition) is 2. The summed E-state index contributed by atoms with van der Waals surface area (Å²) in [5, 5.41) is 22.2. The fourth-order valence-corrected chi connectivity index (χ4v) is 3.62. The Morgan fingerprint density at radius 2 is 2.00 bits per heavy atom. The molecule has 0 fully saturated rings. The topological polar surface area (TPSA) is 110 Å². The van der Waals surface area contributed by atoms with Crippen LogP contribution in [0, 0.1) is 10.1 Å². The monoisotopic (exact) mass is 358 g/mol. The minimum atomic E-state index is -0.830. The highest BCUT2D eigenvalue weighted by Crippen LogP contribution is 2.22. The van der Waals surface area contributed by atoms with Gasteiger partial charge >= 0.3 is 5.97 Å². The molecule has 126 valence electrons. The smallest absolute Gasteiger partial charge is 0.304 e. The van der Waals surface area contributed by atoms with Gasteiger partial charge in [0.05, 0.1) is 11.3 Å². The molecule has 9 heteroatoms. The lowest BCUT2D eigenvalue weighted by Gasteiger charge is -2.06. The molecule has 0 radical (unpaired) electrons. The Morgan fingerprint density at radius 1 is 1.30 bits per heavy atom. The third-order valence-corrected chi connectivity index (χ3v) is 5.29. The zero-order valence-electron chi connectivity index (χ0n) is 12.6. The van der Waals surface area contributed by atoms with Gasteiger partial charge in [0.2, 0.25) is 0 Å². The largest absolute Gasteiger partial charge is 0.481 e.